The van der Waals surface area contributed by atoms with Gasteiger partial charge >= 0.3 is 12.6 Å². The molecule has 2 unspecified atom stereocenters. The van der Waals surface area contributed by atoms with Gasteiger partial charge in [-0.2, -0.15) is 0 Å². The normalized spacial score (nSPS) is 30.1. The Balaban J connectivity index is 1.82. The molecule has 3 rings (SSSR count). The van der Waals surface area contributed by atoms with Crippen molar-refractivity contribution in [2.45, 2.75) is 63.6 Å². The summed E-state index contributed by atoms with van der Waals surface area (Å²) in [5.74, 6) is -3.76. The van der Waals surface area contributed by atoms with Crippen LogP contribution in [0.15, 0.2) is 55.0 Å². The maximum absolute atomic E-state index is 16.0. The molecule has 1 aromatic rings. The fourth-order valence-electron chi connectivity index (χ4n) is 3.61. The zero-order valence-corrected chi connectivity index (χ0v) is 22.5. The molecule has 204 valence electrons. The number of nitrogens with zero attached hydrogens (tertiary/aromatic N) is 1. The molecule has 2 aliphatic heterocycles. The van der Waals surface area contributed by atoms with Crippen LogP contribution in [0.4, 0.5) is 4.39 Å². The first-order valence-corrected chi connectivity index (χ1v) is 14.0. The molecule has 0 aliphatic carbocycles. The van der Waals surface area contributed by atoms with Gasteiger partial charge in [-0.15, -0.1) is 0 Å². The summed E-state index contributed by atoms with van der Waals surface area (Å²) in [7, 11) is 0. The van der Waals surface area contributed by atoms with E-state index in [1.165, 1.54) is 24.9 Å². The van der Waals surface area contributed by atoms with E-state index in [4.69, 9.17) is 30.3 Å². The lowest BCUT2D eigenvalue weighted by Gasteiger charge is -2.36. The first-order valence-electron chi connectivity index (χ1n) is 11.4. The van der Waals surface area contributed by atoms with Crippen LogP contribution in [0.25, 0.3) is 0 Å². The molecule has 0 spiro atoms. The summed E-state index contributed by atoms with van der Waals surface area (Å²) in [6.45, 7) is 5.05. The van der Waals surface area contributed by atoms with Crippen LogP contribution in [0.1, 0.15) is 27.7 Å². The number of nitrogens with one attached hydrogen (secondary N) is 2. The molecule has 11 nitrogen and oxygen atoms in total. The van der Waals surface area contributed by atoms with Crippen LogP contribution in [0.3, 0.4) is 0 Å². The van der Waals surface area contributed by atoms with Crippen LogP contribution >= 0.6 is 6.64 Å². The summed E-state index contributed by atoms with van der Waals surface area (Å²) in [5.41, 5.74) is -2.17. The SMILES string of the molecule is C=C1NC(=O)C=CN1[C@@H]1O[C@](F)(COP(=S)(NC(C)C(=O)OC(C)C)Oc2ccccc2)[C@@H](O)[C@@]1(C)O. The largest absolute Gasteiger partial charge is 0.462 e. The monoisotopic (exact) mass is 559 g/mol. The number of aliphatic hydroxyl groups excluding tert-OH is 1. The molecule has 0 bridgehead atoms. The van der Waals surface area contributed by atoms with Crippen LogP contribution in [0, 0.1) is 0 Å². The molecular weight excluding hydrogens is 528 g/mol. The van der Waals surface area contributed by atoms with Gasteiger partial charge in [-0.3, -0.25) is 9.59 Å². The number of ether oxygens (including phenoxy) is 2. The van der Waals surface area contributed by atoms with E-state index in [0.29, 0.717) is 5.75 Å². The highest BCUT2D eigenvalue weighted by atomic mass is 32.5. The zero-order chi connectivity index (χ0) is 27.6. The first-order chi connectivity index (χ1) is 17.2. The molecule has 37 heavy (non-hydrogen) atoms. The summed E-state index contributed by atoms with van der Waals surface area (Å²) in [4.78, 5) is 25.1. The Labute approximate surface area is 219 Å². The van der Waals surface area contributed by atoms with Gasteiger partial charge in [0.25, 0.3) is 11.8 Å². The number of hydrogen-bond donors (Lipinski definition) is 4. The second kappa shape index (κ2) is 11.2. The maximum atomic E-state index is 16.0. The van der Waals surface area contributed by atoms with Crippen molar-refractivity contribution in [2.24, 2.45) is 0 Å². The van der Waals surface area contributed by atoms with Gasteiger partial charge in [-0.1, -0.05) is 24.8 Å². The van der Waals surface area contributed by atoms with Crippen molar-refractivity contribution in [3.05, 3.63) is 55.0 Å². The summed E-state index contributed by atoms with van der Waals surface area (Å²) in [5, 5.41) is 26.8. The van der Waals surface area contributed by atoms with E-state index < -0.39 is 55.0 Å². The van der Waals surface area contributed by atoms with E-state index in [0.717, 1.165) is 6.08 Å². The molecule has 14 heteroatoms. The average molecular weight is 560 g/mol. The Bertz CT molecular complexity index is 1100. The molecule has 2 aliphatic rings. The van der Waals surface area contributed by atoms with Gasteiger partial charge in [0.05, 0.1) is 6.10 Å². The Morgan fingerprint density at radius 1 is 1.38 bits per heavy atom. The second-order valence-corrected chi connectivity index (χ2v) is 12.2. The smallest absolute Gasteiger partial charge is 0.323 e. The van der Waals surface area contributed by atoms with Crippen molar-refractivity contribution < 1.29 is 42.7 Å². The van der Waals surface area contributed by atoms with Crippen molar-refractivity contribution in [2.75, 3.05) is 6.61 Å². The summed E-state index contributed by atoms with van der Waals surface area (Å²) < 4.78 is 38.1. The number of aliphatic hydroxyl groups is 2. The number of esters is 1. The molecule has 4 N–H and O–H groups in total. The van der Waals surface area contributed by atoms with E-state index in [9.17, 15) is 19.8 Å². The molecule has 2 heterocycles. The molecule has 1 amide bonds. The Morgan fingerprint density at radius 2 is 2.03 bits per heavy atom. The maximum Gasteiger partial charge on any atom is 0.323 e. The van der Waals surface area contributed by atoms with Crippen LogP contribution in [0.2, 0.25) is 0 Å². The van der Waals surface area contributed by atoms with Crippen LogP contribution in [0.5, 0.6) is 5.75 Å². The first kappa shape index (κ1) is 29.2. The van der Waals surface area contributed by atoms with Crippen LogP contribution < -0.4 is 14.9 Å². The number of halogens is 1. The molecule has 0 aromatic heterocycles. The average Bonchev–Trinajstić information content (AvgIpc) is 2.98. The number of benzene rings is 1. The van der Waals surface area contributed by atoms with Gasteiger partial charge in [-0.25, -0.2) is 9.48 Å². The zero-order valence-electron chi connectivity index (χ0n) is 20.8. The highest BCUT2D eigenvalue weighted by molar-refractivity contribution is 8.09. The van der Waals surface area contributed by atoms with E-state index >= 15 is 4.39 Å². The Hall–Kier alpha value is -2.38. The number of amides is 1. The van der Waals surface area contributed by atoms with Gasteiger partial charge < -0.3 is 39.0 Å². The highest BCUT2D eigenvalue weighted by Crippen LogP contribution is 2.49. The molecule has 6 atom stereocenters. The minimum Gasteiger partial charge on any atom is -0.462 e. The number of carbonyl (C=O) groups is 2. The minimum atomic E-state index is -3.66. The standard InChI is InChI=1S/C23H31FN3O8PS/c1-14(2)33-19(29)15(3)26-36(37,35-17-9-7-6-8-10-17)32-13-23(24)20(30)22(5,31)21(34-23)27-12-11-18(28)25-16(27)4/h6-12,14-15,20-21,30-31H,4,13H2,1-3,5H3,(H,25,28)(H,26,37)/t15?,20-,21+,22+,23+,36?/m0/s1. The van der Waals surface area contributed by atoms with Crippen molar-refractivity contribution in [1.82, 2.24) is 15.3 Å². The molecular formula is C23H31FN3O8PS. The van der Waals surface area contributed by atoms with Gasteiger partial charge in [0.15, 0.2) is 6.23 Å². The summed E-state index contributed by atoms with van der Waals surface area (Å²) in [6, 6.07) is 7.33. The molecule has 1 saturated heterocycles. The lowest BCUT2D eigenvalue weighted by molar-refractivity contribution is -0.206. The van der Waals surface area contributed by atoms with E-state index in [1.807, 2.05) is 0 Å². The Kier molecular flexibility index (Phi) is 8.80. The van der Waals surface area contributed by atoms with Crippen molar-refractivity contribution in [3.8, 4) is 5.75 Å². The highest BCUT2D eigenvalue weighted by Gasteiger charge is 2.64. The number of para-hydroxylation sites is 1. The number of rotatable bonds is 10. The van der Waals surface area contributed by atoms with Crippen molar-refractivity contribution >= 4 is 30.3 Å². The minimum absolute atomic E-state index is 0.00632. The molecule has 0 saturated carbocycles. The number of carbonyl (C=O) groups excluding carboxylic acids is 2. The third-order valence-corrected chi connectivity index (χ3v) is 7.92. The lowest BCUT2D eigenvalue weighted by Crippen LogP contribution is -2.54. The fraction of sp³-hybridized carbons (Fsp3) is 0.478. The van der Waals surface area contributed by atoms with Gasteiger partial charge in [0, 0.05) is 12.3 Å². The molecule has 1 aromatic carbocycles. The number of alkyl halides is 1. The van der Waals surface area contributed by atoms with Crippen LogP contribution in [-0.2, 0) is 35.4 Å². The number of hydrogen-bond acceptors (Lipinski definition) is 10. The third-order valence-electron chi connectivity index (χ3n) is 5.45. The van der Waals surface area contributed by atoms with Gasteiger partial charge in [0.1, 0.15) is 35.9 Å². The third kappa shape index (κ3) is 6.74. The van der Waals surface area contributed by atoms with Gasteiger partial charge in [0.2, 0.25) is 0 Å². The summed E-state index contributed by atoms with van der Waals surface area (Å²) in [6.07, 6.45) is -1.60. The topological polar surface area (TPSA) is 139 Å². The van der Waals surface area contributed by atoms with Crippen molar-refractivity contribution in [1.29, 1.82) is 0 Å². The second-order valence-electron chi connectivity index (χ2n) is 9.06. The quantitative estimate of drug-likeness (QED) is 0.247. The van der Waals surface area contributed by atoms with E-state index in [2.05, 4.69) is 17.0 Å². The Morgan fingerprint density at radius 3 is 2.62 bits per heavy atom. The van der Waals surface area contributed by atoms with E-state index in [-0.39, 0.29) is 11.9 Å². The van der Waals surface area contributed by atoms with Crippen LogP contribution in [-0.4, -0.2) is 69.5 Å². The van der Waals surface area contributed by atoms with Crippen molar-refractivity contribution in [3.63, 3.8) is 0 Å². The lowest BCUT2D eigenvalue weighted by atomic mass is 9.95. The van der Waals surface area contributed by atoms with Gasteiger partial charge in [-0.05, 0) is 51.6 Å². The molecule has 1 fully saturated rings. The van der Waals surface area contributed by atoms with E-state index in [1.54, 1.807) is 44.2 Å². The predicted molar refractivity (Wildman–Crippen MR) is 135 cm³/mol. The predicted octanol–water partition coefficient (Wildman–Crippen LogP) is 1.79. The summed E-state index contributed by atoms with van der Waals surface area (Å²) >= 11 is 5.56. The molecule has 0 radical (unpaired) electrons. The fourth-order valence-corrected chi connectivity index (χ4v) is 6.00.